The van der Waals surface area contributed by atoms with Crippen molar-refractivity contribution in [2.45, 2.75) is 114 Å². The van der Waals surface area contributed by atoms with Gasteiger partial charge in [0, 0.05) is 39.2 Å². The molecular weight excluding hydrogens is 1010 g/mol. The average Bonchev–Trinajstić information content (AvgIpc) is 4.11. The van der Waals surface area contributed by atoms with Gasteiger partial charge in [-0.2, -0.15) is 4.98 Å². The van der Waals surface area contributed by atoms with E-state index >= 15 is 0 Å². The summed E-state index contributed by atoms with van der Waals surface area (Å²) in [4.78, 5) is 53.8. The number of aryl methyl sites for hydroxylation is 1. The first kappa shape index (κ1) is 56.6. The molecule has 0 radical (unpaired) electrons. The summed E-state index contributed by atoms with van der Waals surface area (Å²) in [6.07, 6.45) is -3.65. The number of nitrogens with one attached hydrogen (secondary N) is 3. The molecule has 76 heavy (non-hydrogen) atoms. The van der Waals surface area contributed by atoms with Crippen LogP contribution in [-0.2, 0) is 42.8 Å². The van der Waals surface area contributed by atoms with Gasteiger partial charge in [-0.05, 0) is 71.9 Å². The van der Waals surface area contributed by atoms with Crippen LogP contribution >= 0.6 is 8.38 Å². The van der Waals surface area contributed by atoms with Gasteiger partial charge in [0.05, 0.1) is 33.8 Å². The molecule has 3 aromatic carbocycles. The minimum Gasteiger partial charge on any atom is -0.497 e. The van der Waals surface area contributed by atoms with Crippen LogP contribution in [0.15, 0.2) is 106 Å². The van der Waals surface area contributed by atoms with Gasteiger partial charge in [0.1, 0.15) is 53.7 Å². The van der Waals surface area contributed by atoms with E-state index in [1.54, 1.807) is 39.9 Å². The predicted octanol–water partition coefficient (Wildman–Crippen LogP) is 7.63. The summed E-state index contributed by atoms with van der Waals surface area (Å²) in [6, 6.07) is 25.4. The van der Waals surface area contributed by atoms with Crippen LogP contribution in [0.5, 0.6) is 11.5 Å². The Balaban J connectivity index is 1.17. The Bertz CT molecular complexity index is 3030. The topological polar surface area (TPSA) is 223 Å². The second-order valence-corrected chi connectivity index (χ2v) is 27.1. The third kappa shape index (κ3) is 11.6. The van der Waals surface area contributed by atoms with E-state index < -0.39 is 88.2 Å². The van der Waals surface area contributed by atoms with Gasteiger partial charge in [0.15, 0.2) is 40.3 Å². The Morgan fingerprint density at radius 2 is 1.32 bits per heavy atom. The van der Waals surface area contributed by atoms with Crippen LogP contribution in [0.25, 0.3) is 11.2 Å². The molecule has 410 valence electrons. The second-order valence-electron chi connectivity index (χ2n) is 21.0. The molecule has 2 aliphatic heterocycles. The summed E-state index contributed by atoms with van der Waals surface area (Å²) in [5, 5.41) is 3.03. The van der Waals surface area contributed by atoms with Crippen molar-refractivity contribution in [2.75, 3.05) is 60.2 Å². The third-order valence-electron chi connectivity index (χ3n) is 14.5. The van der Waals surface area contributed by atoms with Gasteiger partial charge in [0.2, 0.25) is 5.95 Å². The summed E-state index contributed by atoms with van der Waals surface area (Å²) in [6.45, 7) is 18.7. The number of aromatic amines is 2. The van der Waals surface area contributed by atoms with Gasteiger partial charge in [0.25, 0.3) is 11.1 Å². The highest BCUT2D eigenvalue weighted by Crippen LogP contribution is 2.48. The van der Waals surface area contributed by atoms with Crippen LogP contribution in [0.3, 0.4) is 0 Å². The quantitative estimate of drug-likeness (QED) is 0.0338. The Morgan fingerprint density at radius 1 is 0.750 bits per heavy atom. The number of imidazole rings is 1. The van der Waals surface area contributed by atoms with Crippen LogP contribution < -0.4 is 31.6 Å². The van der Waals surface area contributed by atoms with E-state index in [1.165, 1.54) is 17.1 Å². The smallest absolute Gasteiger partial charge is 0.330 e. The number of aromatic nitrogens is 6. The molecule has 20 nitrogen and oxygen atoms in total. The molecule has 2 fully saturated rings. The molecule has 0 spiro atoms. The fraction of sp³-hybridized carbons (Fsp3) is 0.500. The molecule has 0 saturated carbocycles. The minimum absolute atomic E-state index is 0.0260. The van der Waals surface area contributed by atoms with Crippen molar-refractivity contribution in [3.63, 3.8) is 0 Å². The second kappa shape index (κ2) is 23.6. The molecule has 22 heteroatoms. The monoisotopic (exact) mass is 1090 g/mol. The molecule has 6 aromatic rings. The first-order valence-corrected chi connectivity index (χ1v) is 29.9. The van der Waals surface area contributed by atoms with Gasteiger partial charge in [-0.15, -0.1) is 0 Å². The molecule has 3 aromatic heterocycles. The molecule has 0 aliphatic carbocycles. The van der Waals surface area contributed by atoms with E-state index in [0.29, 0.717) is 23.6 Å². The van der Waals surface area contributed by atoms with Crippen molar-refractivity contribution in [2.24, 2.45) is 5.92 Å². The fourth-order valence-corrected chi connectivity index (χ4v) is 11.7. The van der Waals surface area contributed by atoms with Crippen molar-refractivity contribution >= 4 is 33.8 Å². The van der Waals surface area contributed by atoms with Crippen molar-refractivity contribution in [1.29, 1.82) is 0 Å². The molecule has 3 N–H and O–H groups in total. The zero-order valence-electron chi connectivity index (χ0n) is 45.5. The van der Waals surface area contributed by atoms with Gasteiger partial charge < -0.3 is 51.9 Å². The highest BCUT2D eigenvalue weighted by molar-refractivity contribution is 7.46. The molecule has 0 bridgehead atoms. The zero-order valence-corrected chi connectivity index (χ0v) is 47.4. The standard InChI is InChI=1S/C54H72N7O13PSi/c1-32(2)27-55-51-57-46-41(48(63)58-51)56-31-61(46)50-44(67-9)42(39(71-50)29-69-54(34-17-15-14-16-18-34,35-19-23-37(65-7)24-20-35)36-21-25-38(66-8)26-22-36)73-75(11)70-30-40-43(74-76(12,13)53(4,5)6)45(68-10)49(72-40)60-28-33(3)47(62)59-52(60)64/h14-26,28,31-32,39-40,42-45,49-50H,27,29-30H2,1-13H3,(H,59,62,64)(H2,55,57,58,63)/t39-,40-,42-,43-,44-,45-,49-,50-,75?/m1/s1. The lowest BCUT2D eigenvalue weighted by Crippen LogP contribution is -2.50. The zero-order chi connectivity index (χ0) is 54.7. The predicted molar refractivity (Wildman–Crippen MR) is 291 cm³/mol. The Kier molecular flexibility index (Phi) is 17.6. The Morgan fingerprint density at radius 3 is 1.88 bits per heavy atom. The van der Waals surface area contributed by atoms with Crippen molar-refractivity contribution in [3.05, 3.63) is 145 Å². The van der Waals surface area contributed by atoms with Crippen LogP contribution in [0.2, 0.25) is 18.1 Å². The van der Waals surface area contributed by atoms with E-state index in [4.69, 9.17) is 51.6 Å². The van der Waals surface area contributed by atoms with E-state index in [2.05, 4.69) is 68.0 Å². The van der Waals surface area contributed by atoms with Crippen LogP contribution in [0.4, 0.5) is 5.95 Å². The van der Waals surface area contributed by atoms with Crippen LogP contribution in [-0.4, -0.2) is 129 Å². The number of H-pyrrole nitrogens is 2. The van der Waals surface area contributed by atoms with Crippen LogP contribution in [0.1, 0.15) is 69.3 Å². The summed E-state index contributed by atoms with van der Waals surface area (Å²) in [5.41, 5.74) is 0.397. The molecule has 0 amide bonds. The van der Waals surface area contributed by atoms with Gasteiger partial charge in [-0.1, -0.05) is 89.2 Å². The Labute approximate surface area is 444 Å². The van der Waals surface area contributed by atoms with Crippen molar-refractivity contribution in [1.82, 2.24) is 29.1 Å². The lowest BCUT2D eigenvalue weighted by Gasteiger charge is -2.40. The summed E-state index contributed by atoms with van der Waals surface area (Å²) in [5.74, 6) is 1.90. The van der Waals surface area contributed by atoms with Crippen LogP contribution in [0, 0.1) is 12.8 Å². The maximum Gasteiger partial charge on any atom is 0.330 e. The average molecular weight is 1090 g/mol. The SMILES string of the molecule is COc1ccc(C(OC[C@H]2O[C@@H](n3cnc4c(=O)[nH]c(NCC(C)C)nc43)[C@H](OC)[C@@H]2OP(C)OC[C@H]2O[C@@H](n3cc(C)c(=O)[nH]c3=O)[C@H](OC)[C@@H]2O[Si](C)(C)C(C)(C)C)(c2ccccc2)c2ccc(OC)cc2)cc1. The molecule has 9 atom stereocenters. The highest BCUT2D eigenvalue weighted by atomic mass is 31.2. The number of ether oxygens (including phenoxy) is 7. The minimum atomic E-state index is -2.51. The summed E-state index contributed by atoms with van der Waals surface area (Å²) >= 11 is 0. The van der Waals surface area contributed by atoms with E-state index in [1.807, 2.05) is 85.5 Å². The van der Waals surface area contributed by atoms with Crippen molar-refractivity contribution < 1.29 is 46.6 Å². The number of anilines is 1. The first-order chi connectivity index (χ1) is 36.2. The Hall–Kier alpha value is -5.58. The first-order valence-electron chi connectivity index (χ1n) is 25.3. The lowest BCUT2D eigenvalue weighted by atomic mass is 9.80. The number of nitrogens with zero attached hydrogens (tertiary/aromatic N) is 4. The third-order valence-corrected chi connectivity index (χ3v) is 20.0. The van der Waals surface area contributed by atoms with Gasteiger partial charge in [-0.25, -0.2) is 9.78 Å². The van der Waals surface area contributed by atoms with E-state index in [9.17, 15) is 14.4 Å². The maximum absolute atomic E-state index is 13.5. The van der Waals surface area contributed by atoms with Gasteiger partial charge in [-0.3, -0.25) is 28.7 Å². The summed E-state index contributed by atoms with van der Waals surface area (Å²) < 4.78 is 68.6. The molecule has 5 heterocycles. The highest BCUT2D eigenvalue weighted by Gasteiger charge is 2.53. The largest absolute Gasteiger partial charge is 0.497 e. The molecule has 2 aliphatic rings. The van der Waals surface area contributed by atoms with Crippen molar-refractivity contribution in [3.8, 4) is 11.5 Å². The summed E-state index contributed by atoms with van der Waals surface area (Å²) in [7, 11) is 2.06. The molecule has 1 unspecified atom stereocenters. The van der Waals surface area contributed by atoms with E-state index in [-0.39, 0.29) is 41.3 Å². The number of hydrogen-bond donors (Lipinski definition) is 3. The maximum atomic E-state index is 13.5. The number of fused-ring (bicyclic) bond motifs is 1. The van der Waals surface area contributed by atoms with Gasteiger partial charge >= 0.3 is 5.69 Å². The van der Waals surface area contributed by atoms with E-state index in [0.717, 1.165) is 16.7 Å². The number of benzene rings is 3. The molecular formula is C54H72N7O13PSi. The number of hydrogen-bond acceptors (Lipinski definition) is 16. The normalized spacial score (nSPS) is 22.6. The molecule has 2 saturated heterocycles. The lowest BCUT2D eigenvalue weighted by molar-refractivity contribution is -0.0936. The number of methoxy groups -OCH3 is 4. The molecule has 8 rings (SSSR count). The number of rotatable bonds is 22. The fourth-order valence-electron chi connectivity index (χ4n) is 9.35.